The molecule has 0 aliphatic carbocycles. The molecule has 144 valence electrons. The predicted octanol–water partition coefficient (Wildman–Crippen LogP) is 6.34. The van der Waals surface area contributed by atoms with Crippen LogP contribution in [0.3, 0.4) is 0 Å². The highest BCUT2D eigenvalue weighted by atomic mass is 35.5. The Morgan fingerprint density at radius 1 is 1.11 bits per heavy atom. The van der Waals surface area contributed by atoms with E-state index in [-0.39, 0.29) is 11.8 Å². The molecule has 0 saturated carbocycles. The SMILES string of the molecule is CC1(C)Cc2c(-c3ccccc3)c(-c3ccc(Cl)cc3Cl)c(CC(=O)O)n2C1. The smallest absolute Gasteiger partial charge is 0.309 e. The molecule has 0 fully saturated rings. The minimum Gasteiger partial charge on any atom is -0.481 e. The Morgan fingerprint density at radius 3 is 2.46 bits per heavy atom. The van der Waals surface area contributed by atoms with E-state index in [1.54, 1.807) is 12.1 Å². The maximum atomic E-state index is 11.7. The van der Waals surface area contributed by atoms with E-state index in [9.17, 15) is 9.90 Å². The number of fused-ring (bicyclic) bond motifs is 1. The van der Waals surface area contributed by atoms with Crippen LogP contribution in [0.25, 0.3) is 22.3 Å². The van der Waals surface area contributed by atoms with Crippen molar-refractivity contribution in [1.29, 1.82) is 0 Å². The van der Waals surface area contributed by atoms with Crippen LogP contribution in [0.1, 0.15) is 25.2 Å². The predicted molar refractivity (Wildman–Crippen MR) is 114 cm³/mol. The number of carboxylic acid groups (broad SMARTS) is 1. The van der Waals surface area contributed by atoms with Crippen LogP contribution in [-0.2, 0) is 24.2 Å². The average molecular weight is 414 g/mol. The first-order valence-corrected chi connectivity index (χ1v) is 9.99. The monoisotopic (exact) mass is 413 g/mol. The average Bonchev–Trinajstić information content (AvgIpc) is 3.07. The van der Waals surface area contributed by atoms with E-state index in [1.165, 1.54) is 5.69 Å². The van der Waals surface area contributed by atoms with Gasteiger partial charge in [0.2, 0.25) is 0 Å². The van der Waals surface area contributed by atoms with Crippen molar-refractivity contribution in [1.82, 2.24) is 4.57 Å². The first-order valence-electron chi connectivity index (χ1n) is 9.24. The molecule has 5 heteroatoms. The first-order chi connectivity index (χ1) is 13.3. The van der Waals surface area contributed by atoms with Gasteiger partial charge in [0.15, 0.2) is 0 Å². The highest BCUT2D eigenvalue weighted by molar-refractivity contribution is 6.36. The Labute approximate surface area is 174 Å². The number of aromatic nitrogens is 1. The Balaban J connectivity index is 2.07. The number of aliphatic carboxylic acids is 1. The second kappa shape index (κ2) is 6.98. The highest BCUT2D eigenvalue weighted by Crippen LogP contribution is 2.48. The Hall–Kier alpha value is -2.23. The zero-order valence-corrected chi connectivity index (χ0v) is 17.3. The lowest BCUT2D eigenvalue weighted by atomic mass is 9.86. The second-order valence-corrected chi connectivity index (χ2v) is 8.97. The molecular formula is C23H21Cl2NO2. The third kappa shape index (κ3) is 3.34. The van der Waals surface area contributed by atoms with Crippen LogP contribution >= 0.6 is 23.2 Å². The van der Waals surface area contributed by atoms with E-state index in [2.05, 4.69) is 30.5 Å². The van der Waals surface area contributed by atoms with Gasteiger partial charge in [-0.25, -0.2) is 0 Å². The normalized spacial score (nSPS) is 14.9. The number of nitrogens with zero attached hydrogens (tertiary/aromatic N) is 1. The van der Waals surface area contributed by atoms with Crippen molar-refractivity contribution < 1.29 is 9.90 Å². The molecule has 1 N–H and O–H groups in total. The lowest BCUT2D eigenvalue weighted by Crippen LogP contribution is -2.15. The summed E-state index contributed by atoms with van der Waals surface area (Å²) in [6, 6.07) is 15.5. The molecule has 0 spiro atoms. The summed E-state index contributed by atoms with van der Waals surface area (Å²) in [5, 5.41) is 10.7. The molecule has 0 radical (unpaired) electrons. The molecule has 0 unspecified atom stereocenters. The molecule has 1 aliphatic rings. The van der Waals surface area contributed by atoms with Crippen LogP contribution in [-0.4, -0.2) is 15.6 Å². The van der Waals surface area contributed by atoms with E-state index in [0.717, 1.165) is 40.9 Å². The van der Waals surface area contributed by atoms with Crippen LogP contribution in [0.2, 0.25) is 10.0 Å². The van der Waals surface area contributed by atoms with Crippen LogP contribution in [0.4, 0.5) is 0 Å². The van der Waals surface area contributed by atoms with Gasteiger partial charge in [-0.05, 0) is 29.5 Å². The van der Waals surface area contributed by atoms with Gasteiger partial charge < -0.3 is 9.67 Å². The summed E-state index contributed by atoms with van der Waals surface area (Å²) in [4.78, 5) is 11.7. The van der Waals surface area contributed by atoms with Gasteiger partial charge in [0, 0.05) is 44.7 Å². The van der Waals surface area contributed by atoms with Crippen molar-refractivity contribution in [3.05, 3.63) is 70.0 Å². The number of hydrogen-bond donors (Lipinski definition) is 1. The summed E-state index contributed by atoms with van der Waals surface area (Å²) in [5.74, 6) is -0.851. The third-order valence-corrected chi connectivity index (χ3v) is 5.84. The molecule has 0 atom stereocenters. The Bertz CT molecular complexity index is 1070. The van der Waals surface area contributed by atoms with E-state index in [0.29, 0.717) is 10.0 Å². The van der Waals surface area contributed by atoms with Crippen LogP contribution in [0, 0.1) is 5.41 Å². The number of carbonyl (C=O) groups is 1. The molecule has 3 nitrogen and oxygen atoms in total. The van der Waals surface area contributed by atoms with Gasteiger partial charge in [-0.15, -0.1) is 0 Å². The zero-order chi connectivity index (χ0) is 20.1. The fraction of sp³-hybridized carbons (Fsp3) is 0.261. The summed E-state index contributed by atoms with van der Waals surface area (Å²) in [6.45, 7) is 5.22. The minimum absolute atomic E-state index is 0.0514. The van der Waals surface area contributed by atoms with E-state index < -0.39 is 5.97 Å². The van der Waals surface area contributed by atoms with E-state index >= 15 is 0 Å². The summed E-state index contributed by atoms with van der Waals surface area (Å²) >= 11 is 12.7. The molecular weight excluding hydrogens is 393 g/mol. The second-order valence-electron chi connectivity index (χ2n) is 8.13. The molecule has 0 amide bonds. The quantitative estimate of drug-likeness (QED) is 0.542. The lowest BCUT2D eigenvalue weighted by molar-refractivity contribution is -0.136. The van der Waals surface area contributed by atoms with Gasteiger partial charge in [0.1, 0.15) is 0 Å². The van der Waals surface area contributed by atoms with Crippen molar-refractivity contribution in [2.75, 3.05) is 0 Å². The number of carboxylic acids is 1. The van der Waals surface area contributed by atoms with Gasteiger partial charge in [0.25, 0.3) is 0 Å². The number of hydrogen-bond acceptors (Lipinski definition) is 1. The fourth-order valence-electron chi connectivity index (χ4n) is 4.26. The maximum absolute atomic E-state index is 11.7. The lowest BCUT2D eigenvalue weighted by Gasteiger charge is -2.19. The zero-order valence-electron chi connectivity index (χ0n) is 15.8. The van der Waals surface area contributed by atoms with E-state index in [4.69, 9.17) is 23.2 Å². The maximum Gasteiger partial charge on any atom is 0.309 e. The van der Waals surface area contributed by atoms with Crippen molar-refractivity contribution in [2.45, 2.75) is 33.2 Å². The summed E-state index contributed by atoms with van der Waals surface area (Å²) in [6.07, 6.45) is 0.833. The van der Waals surface area contributed by atoms with Crippen LogP contribution < -0.4 is 0 Å². The number of halogens is 2. The number of benzene rings is 2. The molecule has 28 heavy (non-hydrogen) atoms. The number of rotatable bonds is 4. The fourth-order valence-corrected chi connectivity index (χ4v) is 4.76. The molecule has 0 saturated heterocycles. The van der Waals surface area contributed by atoms with Crippen molar-refractivity contribution >= 4 is 29.2 Å². The summed E-state index contributed by atoms with van der Waals surface area (Å²) in [5.41, 5.74) is 5.92. The largest absolute Gasteiger partial charge is 0.481 e. The molecule has 2 aromatic carbocycles. The Morgan fingerprint density at radius 2 is 1.82 bits per heavy atom. The Kier molecular flexibility index (Phi) is 4.76. The van der Waals surface area contributed by atoms with Gasteiger partial charge in [-0.2, -0.15) is 0 Å². The van der Waals surface area contributed by atoms with Gasteiger partial charge >= 0.3 is 5.97 Å². The summed E-state index contributed by atoms with van der Waals surface area (Å²) < 4.78 is 2.19. The third-order valence-electron chi connectivity index (χ3n) is 5.29. The van der Waals surface area contributed by atoms with Gasteiger partial charge in [0.05, 0.1) is 6.42 Å². The first kappa shape index (κ1) is 19.1. The topological polar surface area (TPSA) is 42.2 Å². The standard InChI is InChI=1S/C23H21Cl2NO2/c1-23(2)12-19-21(14-6-4-3-5-7-14)22(16-9-8-15(24)10-17(16)25)18(11-20(27)28)26(19)13-23/h3-10H,11-13H2,1-2H3,(H,27,28). The van der Waals surface area contributed by atoms with Crippen molar-refractivity contribution in [3.8, 4) is 22.3 Å². The molecule has 1 aromatic heterocycles. The van der Waals surface area contributed by atoms with Crippen LogP contribution in [0.15, 0.2) is 48.5 Å². The molecule has 4 rings (SSSR count). The molecule has 2 heterocycles. The van der Waals surface area contributed by atoms with E-state index in [1.807, 2.05) is 24.3 Å². The van der Waals surface area contributed by atoms with Crippen molar-refractivity contribution in [2.24, 2.45) is 5.41 Å². The van der Waals surface area contributed by atoms with Gasteiger partial charge in [-0.3, -0.25) is 4.79 Å². The van der Waals surface area contributed by atoms with Crippen molar-refractivity contribution in [3.63, 3.8) is 0 Å². The molecule has 1 aliphatic heterocycles. The highest BCUT2D eigenvalue weighted by Gasteiger charge is 2.36. The van der Waals surface area contributed by atoms with Crippen LogP contribution in [0.5, 0.6) is 0 Å². The minimum atomic E-state index is -0.851. The molecule has 3 aromatic rings. The van der Waals surface area contributed by atoms with Gasteiger partial charge in [-0.1, -0.05) is 73.4 Å². The summed E-state index contributed by atoms with van der Waals surface area (Å²) in [7, 11) is 0. The molecule has 0 bridgehead atoms.